The first-order chi connectivity index (χ1) is 12.5. The Morgan fingerprint density at radius 3 is 2.27 bits per heavy atom. The summed E-state index contributed by atoms with van der Waals surface area (Å²) in [6, 6.07) is 5.50. The van der Waals surface area contributed by atoms with Crippen molar-refractivity contribution in [2.45, 2.75) is 19.3 Å². The number of ether oxygens (including phenoxy) is 3. The van der Waals surface area contributed by atoms with Crippen molar-refractivity contribution in [3.05, 3.63) is 29.0 Å². The van der Waals surface area contributed by atoms with Crippen molar-refractivity contribution in [1.82, 2.24) is 4.98 Å². The molecule has 0 unspecified atom stereocenters. The summed E-state index contributed by atoms with van der Waals surface area (Å²) >= 11 is 0. The maximum atomic E-state index is 12.6. The summed E-state index contributed by atoms with van der Waals surface area (Å²) < 4.78 is 16.1. The fourth-order valence-corrected chi connectivity index (χ4v) is 3.30. The molecule has 0 fully saturated rings. The highest BCUT2D eigenvalue weighted by molar-refractivity contribution is 6.06. The molecule has 7 nitrogen and oxygen atoms in total. The summed E-state index contributed by atoms with van der Waals surface area (Å²) in [6.07, 6.45) is 1.79. The van der Waals surface area contributed by atoms with Gasteiger partial charge in [-0.3, -0.25) is 4.79 Å². The van der Waals surface area contributed by atoms with E-state index in [1.54, 1.807) is 12.1 Å². The Hall–Kier alpha value is -3.27. The molecule has 1 aliphatic rings. The Balaban J connectivity index is 2.39. The lowest BCUT2D eigenvalue weighted by atomic mass is 9.85. The fourth-order valence-electron chi connectivity index (χ4n) is 3.30. The number of ketones is 1. The monoisotopic (exact) mass is 353 g/mol. The van der Waals surface area contributed by atoms with Gasteiger partial charge in [-0.15, -0.1) is 0 Å². The number of anilines is 1. The van der Waals surface area contributed by atoms with Gasteiger partial charge in [-0.1, -0.05) is 0 Å². The Morgan fingerprint density at radius 1 is 1.08 bits per heavy atom. The molecule has 2 N–H and O–H groups in total. The van der Waals surface area contributed by atoms with Crippen LogP contribution in [0, 0.1) is 11.3 Å². The molecule has 1 heterocycles. The van der Waals surface area contributed by atoms with Crippen LogP contribution in [0.2, 0.25) is 0 Å². The summed E-state index contributed by atoms with van der Waals surface area (Å²) in [6.45, 7) is 0. The van der Waals surface area contributed by atoms with Crippen molar-refractivity contribution in [2.75, 3.05) is 27.1 Å². The number of Topliss-reactive ketones (excluding diaryl/α,β-unsaturated/α-hetero) is 1. The minimum atomic E-state index is -0.0426. The predicted molar refractivity (Wildman–Crippen MR) is 95.7 cm³/mol. The summed E-state index contributed by atoms with van der Waals surface area (Å²) in [5.74, 6) is 1.36. The second-order valence-corrected chi connectivity index (χ2v) is 5.87. The largest absolute Gasteiger partial charge is 0.493 e. The lowest BCUT2D eigenvalue weighted by Gasteiger charge is -2.21. The van der Waals surface area contributed by atoms with Crippen molar-refractivity contribution < 1.29 is 19.0 Å². The fraction of sp³-hybridized carbons (Fsp3) is 0.316. The lowest BCUT2D eigenvalue weighted by molar-refractivity contribution is 0.0972. The van der Waals surface area contributed by atoms with Gasteiger partial charge < -0.3 is 19.9 Å². The Kier molecular flexibility index (Phi) is 4.67. The number of methoxy groups -OCH3 is 3. The zero-order valence-corrected chi connectivity index (χ0v) is 14.9. The van der Waals surface area contributed by atoms with Gasteiger partial charge in [0.25, 0.3) is 0 Å². The van der Waals surface area contributed by atoms with Crippen LogP contribution < -0.4 is 19.9 Å². The van der Waals surface area contributed by atoms with E-state index in [4.69, 9.17) is 19.9 Å². The van der Waals surface area contributed by atoms with Crippen molar-refractivity contribution in [1.29, 1.82) is 5.26 Å². The minimum Gasteiger partial charge on any atom is -0.493 e. The average Bonchev–Trinajstić information content (AvgIpc) is 2.65. The standard InChI is InChI=1S/C19H19N3O4/c1-24-14-7-10(8-15(25-2)18(14)26-3)16-11(9-20)19(21)22-12-5-4-6-13(23)17(12)16/h7-8H,4-6H2,1-3H3,(H2,21,22). The number of nitrogens with two attached hydrogens (primary N) is 1. The number of rotatable bonds is 4. The van der Waals surface area contributed by atoms with E-state index in [0.29, 0.717) is 52.5 Å². The number of carbonyl (C=O) groups excluding carboxylic acids is 1. The van der Waals surface area contributed by atoms with Gasteiger partial charge in [-0.05, 0) is 30.5 Å². The molecule has 0 saturated carbocycles. The number of hydrogen-bond donors (Lipinski definition) is 1. The molecule has 0 radical (unpaired) electrons. The van der Waals surface area contributed by atoms with Crippen molar-refractivity contribution in [2.24, 2.45) is 0 Å². The number of aryl methyl sites for hydroxylation is 1. The highest BCUT2D eigenvalue weighted by Gasteiger charge is 2.28. The number of hydrogen-bond acceptors (Lipinski definition) is 7. The highest BCUT2D eigenvalue weighted by atomic mass is 16.5. The molecule has 1 aromatic carbocycles. The zero-order chi connectivity index (χ0) is 18.8. The van der Waals surface area contributed by atoms with E-state index in [1.165, 1.54) is 21.3 Å². The first kappa shape index (κ1) is 17.5. The quantitative estimate of drug-likeness (QED) is 0.900. The molecule has 7 heteroatoms. The maximum absolute atomic E-state index is 12.6. The molecule has 26 heavy (non-hydrogen) atoms. The van der Waals surface area contributed by atoms with Crippen LogP contribution in [-0.2, 0) is 6.42 Å². The molecule has 1 aliphatic carbocycles. The normalized spacial score (nSPS) is 12.9. The number of fused-ring (bicyclic) bond motifs is 1. The van der Waals surface area contributed by atoms with E-state index in [2.05, 4.69) is 11.1 Å². The first-order valence-electron chi connectivity index (χ1n) is 8.11. The predicted octanol–water partition coefficient (Wildman–Crippen LogP) is 2.75. The smallest absolute Gasteiger partial charge is 0.203 e. The number of nitrogens with zero attached hydrogens (tertiary/aromatic N) is 2. The molecule has 0 bridgehead atoms. The van der Waals surface area contributed by atoms with E-state index < -0.39 is 0 Å². The summed E-state index contributed by atoms with van der Waals surface area (Å²) in [5, 5.41) is 9.63. The highest BCUT2D eigenvalue weighted by Crippen LogP contribution is 2.44. The van der Waals surface area contributed by atoms with Gasteiger partial charge in [0.05, 0.1) is 27.0 Å². The third kappa shape index (κ3) is 2.69. The zero-order valence-electron chi connectivity index (χ0n) is 14.9. The van der Waals surface area contributed by atoms with Gasteiger partial charge >= 0.3 is 0 Å². The molecular weight excluding hydrogens is 334 g/mol. The Labute approximate surface area is 151 Å². The van der Waals surface area contributed by atoms with Crippen molar-refractivity contribution in [3.63, 3.8) is 0 Å². The van der Waals surface area contributed by atoms with Crippen LogP contribution in [0.25, 0.3) is 11.1 Å². The summed E-state index contributed by atoms with van der Waals surface area (Å²) in [4.78, 5) is 16.9. The number of nitriles is 1. The van der Waals surface area contributed by atoms with Crippen LogP contribution in [0.15, 0.2) is 12.1 Å². The van der Waals surface area contributed by atoms with Crippen LogP contribution >= 0.6 is 0 Å². The number of aromatic nitrogens is 1. The molecule has 1 aromatic heterocycles. The van der Waals surface area contributed by atoms with Crippen molar-refractivity contribution >= 4 is 11.6 Å². The molecule has 2 aromatic rings. The molecule has 0 atom stereocenters. The SMILES string of the molecule is COc1cc(-c2c(C#N)c(N)nc3c2C(=O)CCC3)cc(OC)c1OC. The summed E-state index contributed by atoms with van der Waals surface area (Å²) in [5.41, 5.74) is 8.32. The second kappa shape index (κ2) is 6.92. The van der Waals surface area contributed by atoms with Gasteiger partial charge in [0.1, 0.15) is 17.5 Å². The van der Waals surface area contributed by atoms with Gasteiger partial charge in [0, 0.05) is 17.5 Å². The van der Waals surface area contributed by atoms with Gasteiger partial charge in [0.2, 0.25) is 5.75 Å². The first-order valence-corrected chi connectivity index (χ1v) is 8.11. The molecule has 0 aliphatic heterocycles. The number of benzene rings is 1. The van der Waals surface area contributed by atoms with Gasteiger partial charge in [0.15, 0.2) is 17.3 Å². The van der Waals surface area contributed by atoms with Gasteiger partial charge in [-0.25, -0.2) is 4.98 Å². The number of nitrogen functional groups attached to an aromatic ring is 1. The van der Waals surface area contributed by atoms with Gasteiger partial charge in [-0.2, -0.15) is 5.26 Å². The topological polar surface area (TPSA) is 107 Å². The second-order valence-electron chi connectivity index (χ2n) is 5.87. The minimum absolute atomic E-state index is 0.0426. The van der Waals surface area contributed by atoms with Crippen LogP contribution in [0.3, 0.4) is 0 Å². The molecule has 3 rings (SSSR count). The van der Waals surface area contributed by atoms with E-state index in [9.17, 15) is 10.1 Å². The van der Waals surface area contributed by atoms with E-state index >= 15 is 0 Å². The number of carbonyl (C=O) groups is 1. The summed E-state index contributed by atoms with van der Waals surface area (Å²) in [7, 11) is 4.53. The maximum Gasteiger partial charge on any atom is 0.203 e. The third-order valence-corrected chi connectivity index (χ3v) is 4.46. The molecule has 0 spiro atoms. The average molecular weight is 353 g/mol. The van der Waals surface area contributed by atoms with Crippen LogP contribution in [-0.4, -0.2) is 32.1 Å². The van der Waals surface area contributed by atoms with E-state index in [-0.39, 0.29) is 17.2 Å². The third-order valence-electron chi connectivity index (χ3n) is 4.46. The van der Waals surface area contributed by atoms with E-state index in [0.717, 1.165) is 6.42 Å². The Bertz CT molecular complexity index is 906. The van der Waals surface area contributed by atoms with Crippen LogP contribution in [0.5, 0.6) is 17.2 Å². The molecule has 134 valence electrons. The van der Waals surface area contributed by atoms with E-state index in [1.807, 2.05) is 0 Å². The molecular formula is C19H19N3O4. The molecule has 0 amide bonds. The van der Waals surface area contributed by atoms with Crippen LogP contribution in [0.4, 0.5) is 5.82 Å². The van der Waals surface area contributed by atoms with Crippen LogP contribution in [0.1, 0.15) is 34.5 Å². The number of pyridine rings is 1. The Morgan fingerprint density at radius 2 is 1.73 bits per heavy atom. The lowest BCUT2D eigenvalue weighted by Crippen LogP contribution is -2.17. The molecule has 0 saturated heterocycles. The van der Waals surface area contributed by atoms with Crippen molar-refractivity contribution in [3.8, 4) is 34.4 Å².